The van der Waals surface area contributed by atoms with Gasteiger partial charge in [0.25, 0.3) is 0 Å². The number of ether oxygens (including phenoxy) is 3. The van der Waals surface area contributed by atoms with Crippen LogP contribution in [0.4, 0.5) is 11.8 Å². The molecule has 1 saturated heterocycles. The van der Waals surface area contributed by atoms with Gasteiger partial charge in [0.2, 0.25) is 11.9 Å². The number of aromatic nitrogens is 3. The van der Waals surface area contributed by atoms with E-state index in [2.05, 4.69) is 59.9 Å². The van der Waals surface area contributed by atoms with Crippen molar-refractivity contribution in [3.05, 3.63) is 52.0 Å². The zero-order valence-corrected chi connectivity index (χ0v) is 26.5. The van der Waals surface area contributed by atoms with Crippen LogP contribution in [0.15, 0.2) is 35.6 Å². The van der Waals surface area contributed by atoms with Crippen molar-refractivity contribution in [3.63, 3.8) is 0 Å². The smallest absolute Gasteiger partial charge is 0.224 e. The molecule has 0 saturated carbocycles. The molecule has 3 heterocycles. The highest BCUT2D eigenvalue weighted by molar-refractivity contribution is 5.87. The fraction of sp³-hybridized carbons (Fsp3) is 0.581. The van der Waals surface area contributed by atoms with Gasteiger partial charge in [-0.1, -0.05) is 37.0 Å². The van der Waals surface area contributed by atoms with Crippen molar-refractivity contribution in [3.8, 4) is 5.75 Å². The number of piperazine rings is 1. The van der Waals surface area contributed by atoms with Crippen LogP contribution in [0, 0.1) is 0 Å². The number of methoxy groups -OCH3 is 1. The Morgan fingerprint density at radius 3 is 2.62 bits per heavy atom. The van der Waals surface area contributed by atoms with Crippen LogP contribution in [0.25, 0.3) is 21.5 Å². The lowest BCUT2D eigenvalue weighted by molar-refractivity contribution is -0.134. The van der Waals surface area contributed by atoms with Crippen LogP contribution < -0.4 is 15.8 Å². The summed E-state index contributed by atoms with van der Waals surface area (Å²) in [5.74, 6) is 1.95. The van der Waals surface area contributed by atoms with Gasteiger partial charge in [-0.15, -0.1) is 0 Å². The van der Waals surface area contributed by atoms with E-state index in [4.69, 9.17) is 25.5 Å². The largest absolute Gasteiger partial charge is 0.496 e. The maximum absolute atomic E-state index is 12.6. The van der Waals surface area contributed by atoms with Crippen LogP contribution in [0.5, 0.6) is 5.75 Å². The summed E-state index contributed by atoms with van der Waals surface area (Å²) >= 11 is 0. The predicted molar refractivity (Wildman–Crippen MR) is 174 cm³/mol. The van der Waals surface area contributed by atoms with E-state index in [1.165, 1.54) is 0 Å². The van der Waals surface area contributed by atoms with E-state index >= 15 is 0 Å². The fourth-order valence-corrected chi connectivity index (χ4v) is 5.37. The molecule has 0 unspecified atom stereocenters. The molecule has 1 fully saturated rings. The van der Waals surface area contributed by atoms with Crippen LogP contribution in [0.1, 0.15) is 43.7 Å². The number of nitrogens with one attached hydrogen (secondary N) is 1. The van der Waals surface area contributed by atoms with Gasteiger partial charge in [0, 0.05) is 62.5 Å². The highest BCUT2D eigenvalue weighted by atomic mass is 16.5. The van der Waals surface area contributed by atoms with Gasteiger partial charge in [-0.05, 0) is 29.6 Å². The Morgan fingerprint density at radius 2 is 1.87 bits per heavy atom. The second-order valence-corrected chi connectivity index (χ2v) is 11.0. The third-order valence-electron chi connectivity index (χ3n) is 7.76. The van der Waals surface area contributed by atoms with E-state index in [1.54, 1.807) is 7.11 Å². The molecule has 0 atom stereocenters. The van der Waals surface area contributed by atoms with Crippen molar-refractivity contribution >= 4 is 28.7 Å². The normalized spacial score (nSPS) is 13.6. The number of amides is 1. The first kappa shape index (κ1) is 33.8. The third-order valence-corrected chi connectivity index (χ3v) is 7.76. The molecule has 0 radical (unpaired) electrons. The lowest BCUT2D eigenvalue weighted by atomic mass is 10.1. The van der Waals surface area contributed by atoms with Gasteiger partial charge in [-0.3, -0.25) is 9.69 Å². The Labute approximate surface area is 264 Å². The summed E-state index contributed by atoms with van der Waals surface area (Å²) in [6, 6.07) is 8.35. The van der Waals surface area contributed by atoms with Gasteiger partial charge in [0.1, 0.15) is 11.3 Å². The number of rotatable bonds is 19. The van der Waals surface area contributed by atoms with E-state index in [9.17, 15) is 4.79 Å². The number of benzene rings is 1. The van der Waals surface area contributed by atoms with Crippen molar-refractivity contribution in [2.45, 2.75) is 45.7 Å². The van der Waals surface area contributed by atoms with Crippen LogP contribution >= 0.6 is 0 Å². The van der Waals surface area contributed by atoms with E-state index in [0.717, 1.165) is 79.2 Å². The predicted octanol–water partition coefficient (Wildman–Crippen LogP) is 4.05. The molecule has 3 N–H and O–H groups in total. The average Bonchev–Trinajstić information content (AvgIpc) is 3.45. The fourth-order valence-electron chi connectivity index (χ4n) is 5.37. The summed E-state index contributed by atoms with van der Waals surface area (Å²) < 4.78 is 18.8. The Morgan fingerprint density at radius 1 is 1.07 bits per heavy atom. The van der Waals surface area contributed by atoms with Crippen molar-refractivity contribution in [2.75, 3.05) is 83.9 Å². The van der Waals surface area contributed by atoms with Crippen molar-refractivity contribution in [2.24, 2.45) is 5.11 Å². The molecular formula is C31H46N10O4. The van der Waals surface area contributed by atoms with Gasteiger partial charge >= 0.3 is 0 Å². The van der Waals surface area contributed by atoms with E-state index < -0.39 is 0 Å². The second kappa shape index (κ2) is 18.0. The summed E-state index contributed by atoms with van der Waals surface area (Å²) in [5.41, 5.74) is 18.2. The molecule has 45 heavy (non-hydrogen) atoms. The minimum Gasteiger partial charge on any atom is -0.496 e. The first-order valence-electron chi connectivity index (χ1n) is 15.7. The highest BCUT2D eigenvalue weighted by Gasteiger charge is 2.21. The number of unbranched alkanes of at least 4 members (excludes halogenated alkanes) is 2. The number of carbonyl (C=O) groups is 1. The summed E-state index contributed by atoms with van der Waals surface area (Å²) in [5, 5.41) is 6.86. The Kier molecular flexibility index (Phi) is 13.5. The number of nitrogens with two attached hydrogens (primary N) is 1. The van der Waals surface area contributed by atoms with Crippen molar-refractivity contribution in [1.82, 2.24) is 24.3 Å². The molecule has 0 aliphatic carbocycles. The highest BCUT2D eigenvalue weighted by Crippen LogP contribution is 2.27. The van der Waals surface area contributed by atoms with E-state index in [-0.39, 0.29) is 11.9 Å². The number of hydrogen-bond acceptors (Lipinski definition) is 10. The topological polar surface area (TPSA) is 169 Å². The average molecular weight is 623 g/mol. The van der Waals surface area contributed by atoms with Gasteiger partial charge in [0.15, 0.2) is 5.82 Å². The zero-order chi connectivity index (χ0) is 31.9. The first-order valence-corrected chi connectivity index (χ1v) is 15.7. The Balaban J connectivity index is 1.26. The van der Waals surface area contributed by atoms with Crippen LogP contribution in [-0.2, 0) is 27.4 Å². The minimum atomic E-state index is 0.106. The molecular weight excluding hydrogens is 576 g/mol. The van der Waals surface area contributed by atoms with Crippen molar-refractivity contribution < 1.29 is 19.0 Å². The SMILES string of the molecule is CCCCCNc1nc(N)nc2ccn(Cc3ccc(CN4CCN(C(=O)CCOCCOCCN=[N+]=[N-])CC4)cc3OC)c12. The quantitative estimate of drug-likeness (QED) is 0.0867. The number of nitrogen functional groups attached to an aromatic ring is 1. The standard InChI is InChI=1S/C31H46N10O4/c1-3-4-5-10-34-30-29-26(36-31(32)37-30)8-12-41(29)23-25-7-6-24(21-27(25)43-2)22-39-13-15-40(16-14-39)28(42)9-17-44-19-20-45-18-11-35-38-33/h6-8,12,21H,3-5,9-11,13-20,22-23H2,1-2H3,(H3,32,34,36,37). The minimum absolute atomic E-state index is 0.106. The molecule has 0 bridgehead atoms. The van der Waals surface area contributed by atoms with Crippen LogP contribution in [0.3, 0.4) is 0 Å². The van der Waals surface area contributed by atoms with Crippen LogP contribution in [-0.4, -0.2) is 103 Å². The number of carbonyl (C=O) groups excluding carboxylic acids is 1. The summed E-state index contributed by atoms with van der Waals surface area (Å²) in [4.78, 5) is 28.5. The molecule has 3 aromatic rings. The van der Waals surface area contributed by atoms with Gasteiger partial charge in [-0.2, -0.15) is 4.98 Å². The molecule has 4 rings (SSSR count). The van der Waals surface area contributed by atoms with E-state index in [1.807, 2.05) is 17.2 Å². The maximum Gasteiger partial charge on any atom is 0.224 e. The molecule has 1 aromatic carbocycles. The number of anilines is 2. The lowest BCUT2D eigenvalue weighted by Crippen LogP contribution is -2.48. The molecule has 14 nitrogen and oxygen atoms in total. The Hall–Kier alpha value is -4.10. The van der Waals surface area contributed by atoms with E-state index in [0.29, 0.717) is 59.0 Å². The van der Waals surface area contributed by atoms with Gasteiger partial charge in [0.05, 0.1) is 52.0 Å². The first-order chi connectivity index (χ1) is 22.0. The zero-order valence-electron chi connectivity index (χ0n) is 26.5. The number of hydrogen-bond donors (Lipinski definition) is 2. The van der Waals surface area contributed by atoms with Gasteiger partial charge < -0.3 is 34.7 Å². The molecule has 1 aliphatic rings. The van der Waals surface area contributed by atoms with Crippen LogP contribution in [0.2, 0.25) is 0 Å². The van der Waals surface area contributed by atoms with Gasteiger partial charge in [-0.25, -0.2) is 4.98 Å². The number of azide groups is 1. The lowest BCUT2D eigenvalue weighted by Gasteiger charge is -2.35. The maximum atomic E-state index is 12.6. The third kappa shape index (κ3) is 10.2. The molecule has 2 aromatic heterocycles. The number of fused-ring (bicyclic) bond motifs is 1. The summed E-state index contributed by atoms with van der Waals surface area (Å²) in [6.07, 6.45) is 5.75. The molecule has 1 aliphatic heterocycles. The summed E-state index contributed by atoms with van der Waals surface area (Å²) in [7, 11) is 1.70. The number of nitrogens with zero attached hydrogens (tertiary/aromatic N) is 8. The summed E-state index contributed by atoms with van der Waals surface area (Å²) in [6.45, 7) is 9.26. The molecule has 1 amide bonds. The Bertz CT molecular complexity index is 1420. The van der Waals surface area contributed by atoms with Crippen molar-refractivity contribution in [1.29, 1.82) is 0 Å². The molecule has 0 spiro atoms. The molecule has 244 valence electrons. The second-order valence-electron chi connectivity index (χ2n) is 11.0. The molecule has 14 heteroatoms. The monoisotopic (exact) mass is 622 g/mol.